The van der Waals surface area contributed by atoms with Crippen LogP contribution in [0.25, 0.3) is 0 Å². The molecule has 0 saturated carbocycles. The molecule has 0 aromatic carbocycles. The first-order valence-corrected chi connectivity index (χ1v) is 8.11. The van der Waals surface area contributed by atoms with E-state index in [2.05, 4.69) is 15.9 Å². The average Bonchev–Trinajstić information content (AvgIpc) is 2.96. The number of esters is 1. The molecule has 6 nitrogen and oxygen atoms in total. The quantitative estimate of drug-likeness (QED) is 0.666. The van der Waals surface area contributed by atoms with Gasteiger partial charge >= 0.3 is 23.6 Å². The summed E-state index contributed by atoms with van der Waals surface area (Å²) in [7, 11) is 0. The first-order valence-electron chi connectivity index (χ1n) is 7.31. The van der Waals surface area contributed by atoms with Gasteiger partial charge in [-0.2, -0.15) is 8.78 Å². The van der Waals surface area contributed by atoms with Crippen molar-refractivity contribution < 1.29 is 32.6 Å². The van der Waals surface area contributed by atoms with Crippen LogP contribution in [0, 0.1) is 0 Å². The Kier molecular flexibility index (Phi) is 5.00. The van der Waals surface area contributed by atoms with Crippen molar-refractivity contribution in [3.8, 4) is 0 Å². The van der Waals surface area contributed by atoms with Gasteiger partial charge in [0.2, 0.25) is 0 Å². The molecule has 2 aliphatic rings. The standard InChI is InChI=1S/C14H18BrF2NO5/c1-4-18(5-2)12(20)23-13(11(19)21-6-3)9-7-8(15)10(22-9)14(13,16)17/h7,9-10H,4-6H2,1-3H3/t9-,10+,13+/m0/s1. The number of halogens is 3. The van der Waals surface area contributed by atoms with Crippen molar-refractivity contribution in [2.24, 2.45) is 0 Å². The summed E-state index contributed by atoms with van der Waals surface area (Å²) in [6.07, 6.45) is -2.80. The molecule has 0 unspecified atom stereocenters. The smallest absolute Gasteiger partial charge is 0.411 e. The van der Waals surface area contributed by atoms with Gasteiger partial charge in [-0.05, 0) is 26.8 Å². The predicted molar refractivity (Wildman–Crippen MR) is 79.4 cm³/mol. The van der Waals surface area contributed by atoms with E-state index in [-0.39, 0.29) is 24.2 Å². The van der Waals surface area contributed by atoms with Crippen molar-refractivity contribution in [2.45, 2.75) is 44.5 Å². The number of hydrogen-bond donors (Lipinski definition) is 0. The summed E-state index contributed by atoms with van der Waals surface area (Å²) in [5.41, 5.74) is -2.81. The Morgan fingerprint density at radius 3 is 2.39 bits per heavy atom. The molecule has 0 radical (unpaired) electrons. The molecule has 130 valence electrons. The summed E-state index contributed by atoms with van der Waals surface area (Å²) in [6, 6.07) is 0. The maximum atomic E-state index is 14.8. The summed E-state index contributed by atoms with van der Waals surface area (Å²) >= 11 is 2.99. The Hall–Kier alpha value is -1.22. The lowest BCUT2D eigenvalue weighted by molar-refractivity contribution is -0.205. The SMILES string of the molecule is CCOC(=O)[C@]1(OC(=O)N(CC)CC)[C@@H]2C=C(Br)[C@@H](O2)C1(F)F. The zero-order valence-corrected chi connectivity index (χ0v) is 14.6. The molecule has 23 heavy (non-hydrogen) atoms. The first-order chi connectivity index (χ1) is 10.8. The monoisotopic (exact) mass is 397 g/mol. The van der Waals surface area contributed by atoms with Gasteiger partial charge in [0.1, 0.15) is 6.10 Å². The van der Waals surface area contributed by atoms with Gasteiger partial charge in [0, 0.05) is 17.6 Å². The van der Waals surface area contributed by atoms with E-state index in [4.69, 9.17) is 14.2 Å². The lowest BCUT2D eigenvalue weighted by atomic mass is 9.85. The Morgan fingerprint density at radius 1 is 1.35 bits per heavy atom. The van der Waals surface area contributed by atoms with Crippen molar-refractivity contribution in [1.82, 2.24) is 4.90 Å². The average molecular weight is 398 g/mol. The fraction of sp³-hybridized carbons (Fsp3) is 0.714. The molecule has 1 fully saturated rings. The van der Waals surface area contributed by atoms with Gasteiger partial charge in [-0.15, -0.1) is 0 Å². The van der Waals surface area contributed by atoms with E-state index in [1.165, 1.54) is 17.9 Å². The highest BCUT2D eigenvalue weighted by atomic mass is 79.9. The van der Waals surface area contributed by atoms with E-state index in [0.717, 1.165) is 0 Å². The summed E-state index contributed by atoms with van der Waals surface area (Å²) in [6.45, 7) is 5.22. The minimum atomic E-state index is -3.75. The number of alkyl halides is 2. The van der Waals surface area contributed by atoms with Crippen LogP contribution in [0.15, 0.2) is 10.6 Å². The highest BCUT2D eigenvalue weighted by Gasteiger charge is 2.79. The second-order valence-electron chi connectivity index (χ2n) is 5.11. The van der Waals surface area contributed by atoms with Crippen molar-refractivity contribution in [3.63, 3.8) is 0 Å². The zero-order valence-electron chi connectivity index (χ0n) is 13.0. The summed E-state index contributed by atoms with van der Waals surface area (Å²) in [5, 5.41) is 0. The molecule has 9 heteroatoms. The summed E-state index contributed by atoms with van der Waals surface area (Å²) in [5.74, 6) is -5.06. The fourth-order valence-corrected chi connectivity index (χ4v) is 3.32. The van der Waals surface area contributed by atoms with E-state index >= 15 is 0 Å². The molecule has 2 rings (SSSR count). The summed E-state index contributed by atoms with van der Waals surface area (Å²) in [4.78, 5) is 25.7. The van der Waals surface area contributed by atoms with Gasteiger partial charge in [0.25, 0.3) is 0 Å². The molecule has 1 amide bonds. The molecule has 1 saturated heterocycles. The largest absolute Gasteiger partial charge is 0.463 e. The third-order valence-electron chi connectivity index (χ3n) is 3.92. The van der Waals surface area contributed by atoms with Crippen LogP contribution >= 0.6 is 15.9 Å². The van der Waals surface area contributed by atoms with E-state index in [1.54, 1.807) is 13.8 Å². The zero-order chi connectivity index (χ0) is 17.4. The molecule has 2 heterocycles. The number of amides is 1. The van der Waals surface area contributed by atoms with E-state index < -0.39 is 35.8 Å². The normalized spacial score (nSPS) is 30.8. The van der Waals surface area contributed by atoms with Crippen LogP contribution in [0.1, 0.15) is 20.8 Å². The number of carbonyl (C=O) groups excluding carboxylic acids is 2. The lowest BCUT2D eigenvalue weighted by Crippen LogP contribution is -2.64. The Bertz CT molecular complexity index is 537. The second kappa shape index (κ2) is 6.35. The Labute approximate surface area is 140 Å². The van der Waals surface area contributed by atoms with Crippen molar-refractivity contribution in [1.29, 1.82) is 0 Å². The Balaban J connectivity index is 2.43. The van der Waals surface area contributed by atoms with Crippen LogP contribution < -0.4 is 0 Å². The maximum Gasteiger partial charge on any atom is 0.411 e. The van der Waals surface area contributed by atoms with Crippen LogP contribution in [0.4, 0.5) is 13.6 Å². The van der Waals surface area contributed by atoms with Gasteiger partial charge < -0.3 is 19.1 Å². The topological polar surface area (TPSA) is 65.1 Å². The number of rotatable bonds is 5. The number of fused-ring (bicyclic) bond motifs is 2. The minimum absolute atomic E-state index is 0.117. The number of nitrogens with zero attached hydrogens (tertiary/aromatic N) is 1. The second-order valence-corrected chi connectivity index (χ2v) is 6.02. The lowest BCUT2D eigenvalue weighted by Gasteiger charge is -2.37. The molecule has 0 aromatic rings. The Morgan fingerprint density at radius 2 is 1.96 bits per heavy atom. The van der Waals surface area contributed by atoms with Gasteiger partial charge in [-0.25, -0.2) is 9.59 Å². The van der Waals surface area contributed by atoms with Crippen LogP contribution in [0.5, 0.6) is 0 Å². The molecule has 2 bridgehead atoms. The number of ether oxygens (including phenoxy) is 3. The number of carbonyl (C=O) groups is 2. The molecule has 0 aromatic heterocycles. The maximum absolute atomic E-state index is 14.8. The van der Waals surface area contributed by atoms with Crippen molar-refractivity contribution in [2.75, 3.05) is 19.7 Å². The molecular weight excluding hydrogens is 380 g/mol. The highest BCUT2D eigenvalue weighted by Crippen LogP contribution is 2.55. The molecule has 0 N–H and O–H groups in total. The molecule has 2 aliphatic heterocycles. The van der Waals surface area contributed by atoms with Gasteiger partial charge in [0.05, 0.1) is 6.61 Å². The van der Waals surface area contributed by atoms with Crippen molar-refractivity contribution >= 4 is 28.0 Å². The van der Waals surface area contributed by atoms with Crippen molar-refractivity contribution in [3.05, 3.63) is 10.6 Å². The number of hydrogen-bond acceptors (Lipinski definition) is 5. The van der Waals surface area contributed by atoms with E-state index in [1.807, 2.05) is 0 Å². The summed E-state index contributed by atoms with van der Waals surface area (Å²) < 4.78 is 44.7. The van der Waals surface area contributed by atoms with Gasteiger partial charge in [-0.3, -0.25) is 0 Å². The van der Waals surface area contributed by atoms with Crippen LogP contribution in [-0.2, 0) is 19.0 Å². The van der Waals surface area contributed by atoms with Crippen LogP contribution in [0.3, 0.4) is 0 Å². The predicted octanol–water partition coefficient (Wildman–Crippen LogP) is 2.46. The molecule has 0 spiro atoms. The van der Waals surface area contributed by atoms with Crippen LogP contribution in [0.2, 0.25) is 0 Å². The first kappa shape index (κ1) is 18.1. The van der Waals surface area contributed by atoms with E-state index in [9.17, 15) is 18.4 Å². The van der Waals surface area contributed by atoms with Gasteiger partial charge in [0.15, 0.2) is 6.10 Å². The van der Waals surface area contributed by atoms with Crippen LogP contribution in [-0.4, -0.2) is 60.4 Å². The molecular formula is C14H18BrF2NO5. The molecule has 0 aliphatic carbocycles. The van der Waals surface area contributed by atoms with Gasteiger partial charge in [-0.1, -0.05) is 15.9 Å². The minimum Gasteiger partial charge on any atom is -0.463 e. The third-order valence-corrected chi connectivity index (χ3v) is 4.60. The highest BCUT2D eigenvalue weighted by molar-refractivity contribution is 9.11. The van der Waals surface area contributed by atoms with E-state index in [0.29, 0.717) is 0 Å². The fourth-order valence-electron chi connectivity index (χ4n) is 2.68. The molecule has 3 atom stereocenters. The third kappa shape index (κ3) is 2.53.